The zero-order chi connectivity index (χ0) is 14.7. The van der Waals surface area contributed by atoms with E-state index in [1.54, 1.807) is 13.1 Å². The fourth-order valence-electron chi connectivity index (χ4n) is 1.94. The predicted molar refractivity (Wildman–Crippen MR) is 81.3 cm³/mol. The normalized spacial score (nSPS) is 10.7. The second kappa shape index (κ2) is 5.77. The smallest absolute Gasteiger partial charge is 0.226 e. The number of hydrogen-bond donors (Lipinski definition) is 2. The molecule has 0 saturated carbocycles. The van der Waals surface area contributed by atoms with Gasteiger partial charge in [0.1, 0.15) is 11.6 Å². The molecular weight excluding hydrogens is 252 g/mol. The van der Waals surface area contributed by atoms with Gasteiger partial charge in [-0.15, -0.1) is 0 Å². The molecule has 2 rings (SSSR count). The number of nitrogens with two attached hydrogens (primary N) is 1. The molecule has 0 bridgehead atoms. The standard InChI is InChI=1S/C15H20N4O/c1-9(2)11-6-5-10(3)7-12(11)20-14-8-13(17-4)18-15(16)19-14/h5-9H,1-4H3,(H3,16,17,18,19). The minimum Gasteiger partial charge on any atom is -0.438 e. The molecule has 1 aromatic heterocycles. The number of anilines is 2. The van der Waals surface area contributed by atoms with E-state index in [4.69, 9.17) is 10.5 Å². The molecule has 0 aliphatic carbocycles. The number of rotatable bonds is 4. The second-order valence-corrected chi connectivity index (χ2v) is 5.00. The predicted octanol–water partition coefficient (Wildman–Crippen LogP) is 3.32. The molecule has 0 saturated heterocycles. The molecule has 1 heterocycles. The number of aromatic nitrogens is 2. The highest BCUT2D eigenvalue weighted by molar-refractivity contribution is 5.46. The van der Waals surface area contributed by atoms with Crippen molar-refractivity contribution >= 4 is 11.8 Å². The molecule has 0 aliphatic rings. The summed E-state index contributed by atoms with van der Waals surface area (Å²) in [6, 6.07) is 7.89. The Morgan fingerprint density at radius 1 is 1.20 bits per heavy atom. The number of ether oxygens (including phenoxy) is 1. The Balaban J connectivity index is 2.38. The van der Waals surface area contributed by atoms with Crippen molar-refractivity contribution in [3.8, 4) is 11.6 Å². The van der Waals surface area contributed by atoms with Gasteiger partial charge in [-0.25, -0.2) is 0 Å². The zero-order valence-corrected chi connectivity index (χ0v) is 12.3. The number of nitrogens with zero attached hydrogens (tertiary/aromatic N) is 2. The largest absolute Gasteiger partial charge is 0.438 e. The van der Waals surface area contributed by atoms with Gasteiger partial charge in [0.15, 0.2) is 0 Å². The molecule has 2 aromatic rings. The lowest BCUT2D eigenvalue weighted by Gasteiger charge is -2.14. The average molecular weight is 272 g/mol. The maximum Gasteiger partial charge on any atom is 0.226 e. The van der Waals surface area contributed by atoms with E-state index < -0.39 is 0 Å². The molecule has 0 unspecified atom stereocenters. The van der Waals surface area contributed by atoms with Gasteiger partial charge in [0.25, 0.3) is 0 Å². The van der Waals surface area contributed by atoms with Crippen LogP contribution in [-0.4, -0.2) is 17.0 Å². The van der Waals surface area contributed by atoms with E-state index in [0.29, 0.717) is 17.6 Å². The van der Waals surface area contributed by atoms with E-state index in [2.05, 4.69) is 41.3 Å². The van der Waals surface area contributed by atoms with Crippen LogP contribution in [0.3, 0.4) is 0 Å². The average Bonchev–Trinajstić information content (AvgIpc) is 2.37. The molecule has 0 aliphatic heterocycles. The summed E-state index contributed by atoms with van der Waals surface area (Å²) >= 11 is 0. The molecule has 0 atom stereocenters. The van der Waals surface area contributed by atoms with Crippen LogP contribution in [0, 0.1) is 6.92 Å². The number of aryl methyl sites for hydroxylation is 1. The molecular formula is C15H20N4O. The van der Waals surface area contributed by atoms with Crippen molar-refractivity contribution in [3.63, 3.8) is 0 Å². The third-order valence-electron chi connectivity index (χ3n) is 2.98. The molecule has 0 amide bonds. The Kier molecular flexibility index (Phi) is 4.08. The van der Waals surface area contributed by atoms with Crippen LogP contribution >= 0.6 is 0 Å². The molecule has 3 N–H and O–H groups in total. The van der Waals surface area contributed by atoms with Crippen molar-refractivity contribution in [2.45, 2.75) is 26.7 Å². The van der Waals surface area contributed by atoms with Crippen molar-refractivity contribution in [1.82, 2.24) is 9.97 Å². The van der Waals surface area contributed by atoms with Gasteiger partial charge in [0.2, 0.25) is 11.8 Å². The lowest BCUT2D eigenvalue weighted by Crippen LogP contribution is -2.02. The number of nitrogen functional groups attached to an aromatic ring is 1. The van der Waals surface area contributed by atoms with E-state index >= 15 is 0 Å². The van der Waals surface area contributed by atoms with Crippen molar-refractivity contribution in [3.05, 3.63) is 35.4 Å². The second-order valence-electron chi connectivity index (χ2n) is 5.00. The minimum atomic E-state index is 0.186. The molecule has 5 nitrogen and oxygen atoms in total. The van der Waals surface area contributed by atoms with E-state index in [1.165, 1.54) is 0 Å². The lowest BCUT2D eigenvalue weighted by molar-refractivity contribution is 0.454. The number of hydrogen-bond acceptors (Lipinski definition) is 5. The van der Waals surface area contributed by atoms with Crippen LogP contribution < -0.4 is 15.8 Å². The van der Waals surface area contributed by atoms with Gasteiger partial charge in [-0.1, -0.05) is 26.0 Å². The first-order valence-corrected chi connectivity index (χ1v) is 6.60. The highest BCUT2D eigenvalue weighted by Crippen LogP contribution is 2.31. The van der Waals surface area contributed by atoms with Gasteiger partial charge in [-0.3, -0.25) is 0 Å². The van der Waals surface area contributed by atoms with Gasteiger partial charge in [-0.2, -0.15) is 9.97 Å². The summed E-state index contributed by atoms with van der Waals surface area (Å²) in [5.41, 5.74) is 7.95. The fourth-order valence-corrected chi connectivity index (χ4v) is 1.94. The first-order valence-electron chi connectivity index (χ1n) is 6.60. The molecule has 20 heavy (non-hydrogen) atoms. The maximum absolute atomic E-state index is 5.90. The highest BCUT2D eigenvalue weighted by atomic mass is 16.5. The summed E-state index contributed by atoms with van der Waals surface area (Å²) in [6.07, 6.45) is 0. The molecule has 106 valence electrons. The molecule has 5 heteroatoms. The van der Waals surface area contributed by atoms with Crippen molar-refractivity contribution in [2.75, 3.05) is 18.1 Å². The van der Waals surface area contributed by atoms with E-state index in [9.17, 15) is 0 Å². The van der Waals surface area contributed by atoms with Gasteiger partial charge < -0.3 is 15.8 Å². The highest BCUT2D eigenvalue weighted by Gasteiger charge is 2.11. The van der Waals surface area contributed by atoms with Gasteiger partial charge in [0.05, 0.1) is 0 Å². The molecule has 0 spiro atoms. The zero-order valence-electron chi connectivity index (χ0n) is 12.3. The Bertz CT molecular complexity index is 611. The number of benzene rings is 1. The Hall–Kier alpha value is -2.30. The summed E-state index contributed by atoms with van der Waals surface area (Å²) in [4.78, 5) is 8.16. The molecule has 0 fully saturated rings. The van der Waals surface area contributed by atoms with Crippen molar-refractivity contribution in [1.29, 1.82) is 0 Å². The first kappa shape index (κ1) is 14.1. The Morgan fingerprint density at radius 2 is 1.95 bits per heavy atom. The lowest BCUT2D eigenvalue weighted by atomic mass is 10.0. The maximum atomic E-state index is 5.90. The van der Waals surface area contributed by atoms with Gasteiger partial charge in [-0.05, 0) is 30.0 Å². The van der Waals surface area contributed by atoms with Crippen LogP contribution in [0.1, 0.15) is 30.9 Å². The molecule has 1 aromatic carbocycles. The summed E-state index contributed by atoms with van der Waals surface area (Å²) < 4.78 is 5.90. The summed E-state index contributed by atoms with van der Waals surface area (Å²) in [6.45, 7) is 6.29. The van der Waals surface area contributed by atoms with E-state index in [-0.39, 0.29) is 5.95 Å². The van der Waals surface area contributed by atoms with Crippen LogP contribution in [0.5, 0.6) is 11.6 Å². The van der Waals surface area contributed by atoms with Crippen LogP contribution in [0.15, 0.2) is 24.3 Å². The van der Waals surface area contributed by atoms with Crippen molar-refractivity contribution < 1.29 is 4.74 Å². The van der Waals surface area contributed by atoms with Crippen LogP contribution in [0.2, 0.25) is 0 Å². The topological polar surface area (TPSA) is 73.1 Å². The summed E-state index contributed by atoms with van der Waals surface area (Å²) in [7, 11) is 1.78. The van der Waals surface area contributed by atoms with Crippen LogP contribution in [-0.2, 0) is 0 Å². The van der Waals surface area contributed by atoms with Crippen molar-refractivity contribution in [2.24, 2.45) is 0 Å². The minimum absolute atomic E-state index is 0.186. The Labute approximate surface area is 119 Å². The third kappa shape index (κ3) is 3.17. The summed E-state index contributed by atoms with van der Waals surface area (Å²) in [5.74, 6) is 2.43. The quantitative estimate of drug-likeness (QED) is 0.893. The third-order valence-corrected chi connectivity index (χ3v) is 2.98. The van der Waals surface area contributed by atoms with Crippen LogP contribution in [0.25, 0.3) is 0 Å². The van der Waals surface area contributed by atoms with Gasteiger partial charge in [0, 0.05) is 13.1 Å². The van der Waals surface area contributed by atoms with Gasteiger partial charge >= 0.3 is 0 Å². The Morgan fingerprint density at radius 3 is 2.60 bits per heavy atom. The SMILES string of the molecule is CNc1cc(Oc2cc(C)ccc2C(C)C)nc(N)n1. The van der Waals surface area contributed by atoms with E-state index in [1.807, 2.05) is 13.0 Å². The monoisotopic (exact) mass is 272 g/mol. The molecule has 0 radical (unpaired) electrons. The fraction of sp³-hybridized carbons (Fsp3) is 0.333. The van der Waals surface area contributed by atoms with E-state index in [0.717, 1.165) is 16.9 Å². The first-order chi connectivity index (χ1) is 9.49. The van der Waals surface area contributed by atoms with Crippen LogP contribution in [0.4, 0.5) is 11.8 Å². The number of nitrogens with one attached hydrogen (secondary N) is 1. The summed E-state index contributed by atoms with van der Waals surface area (Å²) in [5, 5.41) is 2.93.